The topological polar surface area (TPSA) is 91.8 Å². The summed E-state index contributed by atoms with van der Waals surface area (Å²) >= 11 is 0. The molecule has 0 aromatic heterocycles. The molecule has 160 valence electrons. The van der Waals surface area contributed by atoms with Crippen molar-refractivity contribution in [2.75, 3.05) is 32.0 Å². The molecule has 0 saturated carbocycles. The molecular weight excluding hydrogens is 397 g/mol. The standard InChI is InChI=1S/C17H27F3N4O3S/c1-3-21-16(22-10-5-11-24-28(25,26)4-2)23-12-14-6-8-15(9-7-14)27-13-17(18,19)20/h6-9,24H,3-5,10-13H2,1-2H3,(H2,21,22,23). The van der Waals surface area contributed by atoms with Crippen LogP contribution in [0.25, 0.3) is 0 Å². The van der Waals surface area contributed by atoms with Crippen LogP contribution in [0.2, 0.25) is 0 Å². The van der Waals surface area contributed by atoms with E-state index in [0.29, 0.717) is 38.6 Å². The minimum atomic E-state index is -4.37. The Kier molecular flexibility index (Phi) is 10.1. The van der Waals surface area contributed by atoms with Crippen molar-refractivity contribution in [1.29, 1.82) is 0 Å². The van der Waals surface area contributed by atoms with Crippen LogP contribution in [-0.2, 0) is 16.6 Å². The van der Waals surface area contributed by atoms with Gasteiger partial charge in [0.1, 0.15) is 5.75 Å². The van der Waals surface area contributed by atoms with Crippen LogP contribution in [0.1, 0.15) is 25.8 Å². The summed E-state index contributed by atoms with van der Waals surface area (Å²) in [4.78, 5) is 4.40. The molecule has 0 fully saturated rings. The monoisotopic (exact) mass is 424 g/mol. The molecular formula is C17H27F3N4O3S. The highest BCUT2D eigenvalue weighted by atomic mass is 32.2. The fourth-order valence-electron chi connectivity index (χ4n) is 1.99. The second-order valence-electron chi connectivity index (χ2n) is 5.82. The number of halogens is 3. The lowest BCUT2D eigenvalue weighted by molar-refractivity contribution is -0.153. The zero-order valence-corrected chi connectivity index (χ0v) is 16.8. The molecule has 0 saturated heterocycles. The van der Waals surface area contributed by atoms with Gasteiger partial charge in [0.15, 0.2) is 12.6 Å². The third-order valence-corrected chi connectivity index (χ3v) is 4.84. The maximum atomic E-state index is 12.1. The van der Waals surface area contributed by atoms with Crippen molar-refractivity contribution in [2.45, 2.75) is 33.0 Å². The van der Waals surface area contributed by atoms with E-state index in [1.165, 1.54) is 12.1 Å². The van der Waals surface area contributed by atoms with Gasteiger partial charge in [-0.1, -0.05) is 12.1 Å². The molecule has 28 heavy (non-hydrogen) atoms. The zero-order valence-electron chi connectivity index (χ0n) is 16.0. The number of rotatable bonds is 11. The SMILES string of the molecule is CCNC(=NCc1ccc(OCC(F)(F)F)cc1)NCCCNS(=O)(=O)CC. The average molecular weight is 424 g/mol. The van der Waals surface area contributed by atoms with Gasteiger partial charge in [-0.15, -0.1) is 0 Å². The summed E-state index contributed by atoms with van der Waals surface area (Å²) in [6.07, 6.45) is -3.78. The quantitative estimate of drug-likeness (QED) is 0.287. The van der Waals surface area contributed by atoms with Gasteiger partial charge in [-0.25, -0.2) is 18.1 Å². The zero-order chi connectivity index (χ0) is 21.0. The van der Waals surface area contributed by atoms with Crippen LogP contribution in [-0.4, -0.2) is 52.5 Å². The first-order valence-electron chi connectivity index (χ1n) is 8.93. The van der Waals surface area contributed by atoms with Gasteiger partial charge in [0.25, 0.3) is 0 Å². The second-order valence-corrected chi connectivity index (χ2v) is 7.92. The summed E-state index contributed by atoms with van der Waals surface area (Å²) in [5.74, 6) is 0.757. The van der Waals surface area contributed by atoms with Crippen molar-refractivity contribution < 1.29 is 26.3 Å². The van der Waals surface area contributed by atoms with Crippen LogP contribution in [0.15, 0.2) is 29.3 Å². The Morgan fingerprint density at radius 2 is 1.79 bits per heavy atom. The van der Waals surface area contributed by atoms with Gasteiger partial charge in [0.05, 0.1) is 12.3 Å². The van der Waals surface area contributed by atoms with Gasteiger partial charge in [-0.2, -0.15) is 13.2 Å². The predicted molar refractivity (Wildman–Crippen MR) is 103 cm³/mol. The summed E-state index contributed by atoms with van der Waals surface area (Å²) in [7, 11) is -3.19. The van der Waals surface area contributed by atoms with Crippen molar-refractivity contribution in [3.63, 3.8) is 0 Å². The summed E-state index contributed by atoms with van der Waals surface area (Å²) in [5, 5.41) is 6.17. The van der Waals surface area contributed by atoms with Crippen LogP contribution in [0, 0.1) is 0 Å². The largest absolute Gasteiger partial charge is 0.484 e. The highest BCUT2D eigenvalue weighted by Crippen LogP contribution is 2.19. The number of hydrogen-bond donors (Lipinski definition) is 3. The lowest BCUT2D eigenvalue weighted by Crippen LogP contribution is -2.38. The first-order chi connectivity index (χ1) is 13.1. The Morgan fingerprint density at radius 3 is 2.36 bits per heavy atom. The van der Waals surface area contributed by atoms with Crippen LogP contribution in [0.5, 0.6) is 5.75 Å². The lowest BCUT2D eigenvalue weighted by Gasteiger charge is -2.12. The smallest absolute Gasteiger partial charge is 0.422 e. The van der Waals surface area contributed by atoms with Crippen LogP contribution in [0.4, 0.5) is 13.2 Å². The number of nitrogens with zero attached hydrogens (tertiary/aromatic N) is 1. The van der Waals surface area contributed by atoms with Gasteiger partial charge >= 0.3 is 6.18 Å². The molecule has 0 atom stereocenters. The van der Waals surface area contributed by atoms with Gasteiger partial charge in [0.2, 0.25) is 10.0 Å². The Labute approximate surface area is 163 Å². The summed E-state index contributed by atoms with van der Waals surface area (Å²) in [6, 6.07) is 6.24. The van der Waals surface area contributed by atoms with Gasteiger partial charge in [0, 0.05) is 19.6 Å². The van der Waals surface area contributed by atoms with Crippen molar-refractivity contribution in [2.24, 2.45) is 4.99 Å². The van der Waals surface area contributed by atoms with Gasteiger partial charge in [-0.05, 0) is 38.0 Å². The van der Waals surface area contributed by atoms with E-state index in [1.54, 1.807) is 19.1 Å². The van der Waals surface area contributed by atoms with E-state index in [9.17, 15) is 21.6 Å². The molecule has 7 nitrogen and oxygen atoms in total. The first kappa shape index (κ1) is 24.0. The molecule has 11 heteroatoms. The Hall–Kier alpha value is -2.01. The number of alkyl halides is 3. The van der Waals surface area contributed by atoms with E-state index in [4.69, 9.17) is 0 Å². The molecule has 1 rings (SSSR count). The van der Waals surface area contributed by atoms with Crippen LogP contribution >= 0.6 is 0 Å². The van der Waals surface area contributed by atoms with Crippen molar-refractivity contribution in [1.82, 2.24) is 15.4 Å². The van der Waals surface area contributed by atoms with E-state index in [0.717, 1.165) is 5.56 Å². The van der Waals surface area contributed by atoms with Crippen LogP contribution < -0.4 is 20.1 Å². The maximum absolute atomic E-state index is 12.1. The second kappa shape index (κ2) is 11.7. The Morgan fingerprint density at radius 1 is 1.11 bits per heavy atom. The number of aliphatic imine (C=N–C) groups is 1. The fourth-order valence-corrected chi connectivity index (χ4v) is 2.65. The number of sulfonamides is 1. The van der Waals surface area contributed by atoms with Gasteiger partial charge < -0.3 is 15.4 Å². The first-order valence-corrected chi connectivity index (χ1v) is 10.6. The van der Waals surface area contributed by atoms with E-state index in [-0.39, 0.29) is 11.5 Å². The third-order valence-electron chi connectivity index (χ3n) is 3.44. The highest BCUT2D eigenvalue weighted by Gasteiger charge is 2.28. The number of hydrogen-bond acceptors (Lipinski definition) is 4. The normalized spacial score (nSPS) is 12.7. The van der Waals surface area contributed by atoms with Crippen molar-refractivity contribution in [3.8, 4) is 5.75 Å². The molecule has 0 aliphatic carbocycles. The van der Waals surface area contributed by atoms with E-state index < -0.39 is 22.8 Å². The molecule has 0 unspecified atom stereocenters. The minimum absolute atomic E-state index is 0.0462. The van der Waals surface area contributed by atoms with E-state index in [2.05, 4.69) is 25.1 Å². The highest BCUT2D eigenvalue weighted by molar-refractivity contribution is 7.89. The molecule has 1 aromatic carbocycles. The fraction of sp³-hybridized carbons (Fsp3) is 0.588. The van der Waals surface area contributed by atoms with E-state index >= 15 is 0 Å². The minimum Gasteiger partial charge on any atom is -0.484 e. The third kappa shape index (κ3) is 11.0. The molecule has 0 radical (unpaired) electrons. The Bertz CT molecular complexity index is 707. The molecule has 0 bridgehead atoms. The summed E-state index contributed by atoms with van der Waals surface area (Å²) in [6.45, 7) is 4.01. The summed E-state index contributed by atoms with van der Waals surface area (Å²) in [5.41, 5.74) is 0.812. The summed E-state index contributed by atoms with van der Waals surface area (Å²) < 4.78 is 66.2. The molecule has 3 N–H and O–H groups in total. The lowest BCUT2D eigenvalue weighted by atomic mass is 10.2. The number of nitrogens with one attached hydrogen (secondary N) is 3. The number of guanidine groups is 1. The number of ether oxygens (including phenoxy) is 1. The van der Waals surface area contributed by atoms with Crippen molar-refractivity contribution >= 4 is 16.0 Å². The molecule has 1 aromatic rings. The molecule has 0 aliphatic heterocycles. The predicted octanol–water partition coefficient (Wildman–Crippen LogP) is 2.01. The Balaban J connectivity index is 2.46. The van der Waals surface area contributed by atoms with Crippen molar-refractivity contribution in [3.05, 3.63) is 29.8 Å². The number of benzene rings is 1. The van der Waals surface area contributed by atoms with Gasteiger partial charge in [-0.3, -0.25) is 0 Å². The maximum Gasteiger partial charge on any atom is 0.422 e. The average Bonchev–Trinajstić information content (AvgIpc) is 2.64. The van der Waals surface area contributed by atoms with E-state index in [1.807, 2.05) is 6.92 Å². The molecule has 0 amide bonds. The molecule has 0 aliphatic rings. The molecule has 0 heterocycles. The molecule has 0 spiro atoms. The van der Waals surface area contributed by atoms with Crippen LogP contribution in [0.3, 0.4) is 0 Å².